The predicted molar refractivity (Wildman–Crippen MR) is 71.3 cm³/mol. The molecule has 1 aliphatic carbocycles. The van der Waals surface area contributed by atoms with Crippen molar-refractivity contribution in [3.8, 4) is 0 Å². The highest BCUT2D eigenvalue weighted by atomic mass is 19.1. The van der Waals surface area contributed by atoms with Crippen LogP contribution in [0.15, 0.2) is 18.2 Å². The van der Waals surface area contributed by atoms with Crippen LogP contribution in [0.1, 0.15) is 31.2 Å². The average molecular weight is 297 g/mol. The number of carboxylic acids is 1. The third kappa shape index (κ3) is 4.00. The number of amides is 1. The molecule has 0 heterocycles. The SMILES string of the molecule is O=C(O)C1CCCC(C(=O)NCc2ccc(F)cc2F)C1. The Balaban J connectivity index is 1.90. The summed E-state index contributed by atoms with van der Waals surface area (Å²) in [5.74, 6) is -3.37. The summed E-state index contributed by atoms with van der Waals surface area (Å²) in [6, 6.07) is 3.18. The average Bonchev–Trinajstić information content (AvgIpc) is 2.46. The fourth-order valence-corrected chi connectivity index (χ4v) is 2.64. The summed E-state index contributed by atoms with van der Waals surface area (Å²) < 4.78 is 26.2. The Morgan fingerprint density at radius 1 is 1.24 bits per heavy atom. The van der Waals surface area contributed by atoms with Gasteiger partial charge in [-0.1, -0.05) is 12.5 Å². The molecular formula is C15H17F2NO3. The number of carbonyl (C=O) groups is 2. The summed E-state index contributed by atoms with van der Waals surface area (Å²) in [6.07, 6.45) is 2.24. The van der Waals surface area contributed by atoms with E-state index < -0.39 is 23.5 Å². The van der Waals surface area contributed by atoms with E-state index >= 15 is 0 Å². The molecule has 0 bridgehead atoms. The molecule has 1 aromatic rings. The Hall–Kier alpha value is -1.98. The van der Waals surface area contributed by atoms with Gasteiger partial charge in [-0.25, -0.2) is 8.78 Å². The minimum atomic E-state index is -0.878. The summed E-state index contributed by atoms with van der Waals surface area (Å²) in [6.45, 7) is -0.0286. The molecule has 2 rings (SSSR count). The van der Waals surface area contributed by atoms with Crippen molar-refractivity contribution in [2.24, 2.45) is 11.8 Å². The molecule has 114 valence electrons. The highest BCUT2D eigenvalue weighted by Gasteiger charge is 2.30. The largest absolute Gasteiger partial charge is 0.481 e. The standard InChI is InChI=1S/C15H17F2NO3/c16-12-5-4-11(13(17)7-12)8-18-14(19)9-2-1-3-10(6-9)15(20)21/h4-5,7,9-10H,1-3,6,8H2,(H,18,19)(H,20,21). The minimum Gasteiger partial charge on any atom is -0.481 e. The zero-order chi connectivity index (χ0) is 15.4. The van der Waals surface area contributed by atoms with Crippen LogP contribution in [0.25, 0.3) is 0 Å². The summed E-state index contributed by atoms with van der Waals surface area (Å²) in [7, 11) is 0. The van der Waals surface area contributed by atoms with Crippen LogP contribution >= 0.6 is 0 Å². The molecular weight excluding hydrogens is 280 g/mol. The van der Waals surface area contributed by atoms with Crippen LogP contribution in [0.4, 0.5) is 8.78 Å². The van der Waals surface area contributed by atoms with Gasteiger partial charge in [-0.3, -0.25) is 9.59 Å². The fraction of sp³-hybridized carbons (Fsp3) is 0.467. The lowest BCUT2D eigenvalue weighted by Gasteiger charge is -2.25. The first kappa shape index (κ1) is 15.4. The third-order valence-corrected chi connectivity index (χ3v) is 3.86. The van der Waals surface area contributed by atoms with E-state index in [-0.39, 0.29) is 23.9 Å². The Kier molecular flexibility index (Phi) is 4.88. The molecule has 1 aliphatic rings. The molecule has 1 fully saturated rings. The molecule has 2 atom stereocenters. The second-order valence-corrected chi connectivity index (χ2v) is 5.35. The maximum absolute atomic E-state index is 13.4. The molecule has 1 aromatic carbocycles. The van der Waals surface area contributed by atoms with E-state index in [4.69, 9.17) is 5.11 Å². The van der Waals surface area contributed by atoms with E-state index in [9.17, 15) is 18.4 Å². The maximum atomic E-state index is 13.4. The molecule has 1 saturated carbocycles. The molecule has 6 heteroatoms. The van der Waals surface area contributed by atoms with Crippen LogP contribution in [0.3, 0.4) is 0 Å². The zero-order valence-corrected chi connectivity index (χ0v) is 11.4. The maximum Gasteiger partial charge on any atom is 0.306 e. The molecule has 4 nitrogen and oxygen atoms in total. The van der Waals surface area contributed by atoms with Crippen LogP contribution in [-0.2, 0) is 16.1 Å². The number of nitrogens with one attached hydrogen (secondary N) is 1. The van der Waals surface area contributed by atoms with Gasteiger partial charge in [0.25, 0.3) is 0 Å². The van der Waals surface area contributed by atoms with Gasteiger partial charge < -0.3 is 10.4 Å². The Bertz CT molecular complexity index is 548. The molecule has 1 amide bonds. The van der Waals surface area contributed by atoms with Gasteiger partial charge in [0.2, 0.25) is 5.91 Å². The van der Waals surface area contributed by atoms with Crippen molar-refractivity contribution < 1.29 is 23.5 Å². The lowest BCUT2D eigenvalue weighted by atomic mass is 9.81. The first-order valence-electron chi connectivity index (χ1n) is 6.92. The van der Waals surface area contributed by atoms with Crippen molar-refractivity contribution in [1.29, 1.82) is 0 Å². The summed E-state index contributed by atoms with van der Waals surface area (Å²) in [4.78, 5) is 23.0. The van der Waals surface area contributed by atoms with E-state index in [0.29, 0.717) is 25.7 Å². The predicted octanol–water partition coefficient (Wildman–Crippen LogP) is 2.47. The Labute approximate surface area is 121 Å². The van der Waals surface area contributed by atoms with Crippen LogP contribution in [0.2, 0.25) is 0 Å². The number of carbonyl (C=O) groups excluding carboxylic acids is 1. The number of rotatable bonds is 4. The minimum absolute atomic E-state index is 0.0286. The fourth-order valence-electron chi connectivity index (χ4n) is 2.64. The van der Waals surface area contributed by atoms with E-state index in [1.807, 2.05) is 0 Å². The molecule has 0 saturated heterocycles. The number of benzene rings is 1. The van der Waals surface area contributed by atoms with Crippen molar-refractivity contribution in [1.82, 2.24) is 5.32 Å². The van der Waals surface area contributed by atoms with Gasteiger partial charge in [0.05, 0.1) is 5.92 Å². The molecule has 21 heavy (non-hydrogen) atoms. The molecule has 0 radical (unpaired) electrons. The Morgan fingerprint density at radius 2 is 1.95 bits per heavy atom. The Morgan fingerprint density at radius 3 is 2.62 bits per heavy atom. The van der Waals surface area contributed by atoms with Gasteiger partial charge in [-0.05, 0) is 25.3 Å². The first-order chi connectivity index (χ1) is 9.97. The highest BCUT2D eigenvalue weighted by Crippen LogP contribution is 2.29. The number of halogens is 2. The van der Waals surface area contributed by atoms with Crippen molar-refractivity contribution >= 4 is 11.9 Å². The van der Waals surface area contributed by atoms with Gasteiger partial charge in [0, 0.05) is 24.1 Å². The smallest absolute Gasteiger partial charge is 0.306 e. The third-order valence-electron chi connectivity index (χ3n) is 3.86. The van der Waals surface area contributed by atoms with Gasteiger partial charge in [-0.2, -0.15) is 0 Å². The summed E-state index contributed by atoms with van der Waals surface area (Å²) in [5.41, 5.74) is 0.204. The van der Waals surface area contributed by atoms with E-state index in [2.05, 4.69) is 5.32 Å². The van der Waals surface area contributed by atoms with E-state index in [0.717, 1.165) is 12.1 Å². The second-order valence-electron chi connectivity index (χ2n) is 5.35. The normalized spacial score (nSPS) is 21.8. The topological polar surface area (TPSA) is 66.4 Å². The quantitative estimate of drug-likeness (QED) is 0.897. The van der Waals surface area contributed by atoms with Crippen LogP contribution < -0.4 is 5.32 Å². The van der Waals surface area contributed by atoms with Crippen molar-refractivity contribution in [3.05, 3.63) is 35.4 Å². The number of hydrogen-bond acceptors (Lipinski definition) is 2. The van der Waals surface area contributed by atoms with Crippen molar-refractivity contribution in [2.45, 2.75) is 32.2 Å². The van der Waals surface area contributed by atoms with Crippen LogP contribution in [0.5, 0.6) is 0 Å². The van der Waals surface area contributed by atoms with Crippen LogP contribution in [-0.4, -0.2) is 17.0 Å². The van der Waals surface area contributed by atoms with Crippen LogP contribution in [0, 0.1) is 23.5 Å². The highest BCUT2D eigenvalue weighted by molar-refractivity contribution is 5.80. The van der Waals surface area contributed by atoms with Crippen molar-refractivity contribution in [3.63, 3.8) is 0 Å². The van der Waals surface area contributed by atoms with Crippen molar-refractivity contribution in [2.75, 3.05) is 0 Å². The lowest BCUT2D eigenvalue weighted by molar-refractivity contribution is -0.144. The lowest BCUT2D eigenvalue weighted by Crippen LogP contribution is -2.35. The van der Waals surface area contributed by atoms with Gasteiger partial charge in [-0.15, -0.1) is 0 Å². The second kappa shape index (κ2) is 6.65. The van der Waals surface area contributed by atoms with Gasteiger partial charge >= 0.3 is 5.97 Å². The summed E-state index contributed by atoms with van der Waals surface area (Å²) >= 11 is 0. The number of aliphatic carboxylic acids is 1. The van der Waals surface area contributed by atoms with E-state index in [1.54, 1.807) is 0 Å². The molecule has 0 aromatic heterocycles. The first-order valence-corrected chi connectivity index (χ1v) is 6.92. The number of hydrogen-bond donors (Lipinski definition) is 2. The molecule has 2 unspecified atom stereocenters. The molecule has 0 spiro atoms. The summed E-state index contributed by atoms with van der Waals surface area (Å²) in [5, 5.41) is 11.6. The molecule has 0 aliphatic heterocycles. The van der Waals surface area contributed by atoms with Gasteiger partial charge in [0.1, 0.15) is 11.6 Å². The van der Waals surface area contributed by atoms with Gasteiger partial charge in [0.15, 0.2) is 0 Å². The zero-order valence-electron chi connectivity index (χ0n) is 11.4. The monoisotopic (exact) mass is 297 g/mol. The number of carboxylic acid groups (broad SMARTS) is 1. The van der Waals surface area contributed by atoms with E-state index in [1.165, 1.54) is 6.07 Å². The molecule has 2 N–H and O–H groups in total.